The van der Waals surface area contributed by atoms with Crippen LogP contribution in [-0.2, 0) is 14.9 Å². The zero-order valence-corrected chi connectivity index (χ0v) is 13.4. The van der Waals surface area contributed by atoms with Crippen molar-refractivity contribution >= 4 is 0 Å². The maximum Gasteiger partial charge on any atom is 0.417 e. The molecule has 2 fully saturated rings. The summed E-state index contributed by atoms with van der Waals surface area (Å²) in [7, 11) is 0. The molecule has 1 saturated heterocycles. The molecule has 1 heterocycles. The number of alkyl halides is 3. The fraction of sp³-hybridized carbons (Fsp3) is 0.667. The number of rotatable bonds is 4. The van der Waals surface area contributed by atoms with E-state index < -0.39 is 11.8 Å². The number of ether oxygens (including phenoxy) is 2. The Morgan fingerprint density at radius 1 is 1.13 bits per heavy atom. The van der Waals surface area contributed by atoms with Gasteiger partial charge in [-0.25, -0.2) is 0 Å². The standard InChI is InChI=1S/C18H23F3O2/c1-14-11-17(12-14,18(19,20)21)23-13-16(7-9-22-10-8-16)15-5-3-2-4-6-15/h2-6,14H,7-13H2,1H3. The van der Waals surface area contributed by atoms with Crippen LogP contribution in [0.25, 0.3) is 0 Å². The molecule has 2 nitrogen and oxygen atoms in total. The molecule has 1 saturated carbocycles. The van der Waals surface area contributed by atoms with Crippen LogP contribution in [0.3, 0.4) is 0 Å². The number of benzene rings is 1. The summed E-state index contributed by atoms with van der Waals surface area (Å²) in [6.07, 6.45) is -2.78. The largest absolute Gasteiger partial charge is 0.417 e. The van der Waals surface area contributed by atoms with Crippen molar-refractivity contribution in [3.05, 3.63) is 35.9 Å². The van der Waals surface area contributed by atoms with E-state index in [1.54, 1.807) is 0 Å². The van der Waals surface area contributed by atoms with Crippen molar-refractivity contribution in [1.82, 2.24) is 0 Å². The molecule has 5 heteroatoms. The lowest BCUT2D eigenvalue weighted by Gasteiger charge is -2.49. The van der Waals surface area contributed by atoms with Gasteiger partial charge < -0.3 is 9.47 Å². The van der Waals surface area contributed by atoms with E-state index in [1.165, 1.54) is 0 Å². The van der Waals surface area contributed by atoms with Crippen LogP contribution in [0.5, 0.6) is 0 Å². The molecule has 128 valence electrons. The zero-order chi connectivity index (χ0) is 16.6. The van der Waals surface area contributed by atoms with Gasteiger partial charge in [0.25, 0.3) is 0 Å². The van der Waals surface area contributed by atoms with Gasteiger partial charge in [0.15, 0.2) is 5.60 Å². The minimum Gasteiger partial charge on any atom is -0.381 e. The molecule has 0 spiro atoms. The summed E-state index contributed by atoms with van der Waals surface area (Å²) in [5, 5.41) is 0. The van der Waals surface area contributed by atoms with Gasteiger partial charge in [-0.3, -0.25) is 0 Å². The highest BCUT2D eigenvalue weighted by molar-refractivity contribution is 5.26. The lowest BCUT2D eigenvalue weighted by atomic mass is 9.70. The normalized spacial score (nSPS) is 30.7. The van der Waals surface area contributed by atoms with Crippen molar-refractivity contribution in [2.45, 2.75) is 49.8 Å². The van der Waals surface area contributed by atoms with E-state index in [9.17, 15) is 13.2 Å². The first-order chi connectivity index (χ1) is 10.9. The van der Waals surface area contributed by atoms with Crippen LogP contribution in [0.1, 0.15) is 38.2 Å². The molecule has 2 aliphatic rings. The average Bonchev–Trinajstić information content (AvgIpc) is 2.51. The van der Waals surface area contributed by atoms with Gasteiger partial charge in [0, 0.05) is 18.6 Å². The Labute approximate surface area is 135 Å². The molecular weight excluding hydrogens is 305 g/mol. The van der Waals surface area contributed by atoms with Crippen LogP contribution in [0.2, 0.25) is 0 Å². The number of hydrogen-bond donors (Lipinski definition) is 0. The summed E-state index contributed by atoms with van der Waals surface area (Å²) in [6, 6.07) is 9.74. The summed E-state index contributed by atoms with van der Waals surface area (Å²) in [5.74, 6) is 0.0685. The Kier molecular flexibility index (Phi) is 4.45. The molecule has 0 N–H and O–H groups in total. The molecule has 0 bridgehead atoms. The van der Waals surface area contributed by atoms with Crippen LogP contribution in [0.15, 0.2) is 30.3 Å². The van der Waals surface area contributed by atoms with Crippen LogP contribution in [-0.4, -0.2) is 31.6 Å². The highest BCUT2D eigenvalue weighted by Crippen LogP contribution is 2.52. The van der Waals surface area contributed by atoms with Gasteiger partial charge in [-0.15, -0.1) is 0 Å². The molecular formula is C18H23F3O2. The van der Waals surface area contributed by atoms with Crippen LogP contribution >= 0.6 is 0 Å². The highest BCUT2D eigenvalue weighted by Gasteiger charge is 2.62. The van der Waals surface area contributed by atoms with Gasteiger partial charge in [-0.2, -0.15) is 13.2 Å². The molecule has 3 rings (SSSR count). The minimum atomic E-state index is -4.30. The SMILES string of the molecule is CC1CC(OCC2(c3ccccc3)CCOCC2)(C(F)(F)F)C1. The molecule has 1 aliphatic heterocycles. The third kappa shape index (κ3) is 3.13. The van der Waals surface area contributed by atoms with E-state index in [0.717, 1.165) is 5.56 Å². The van der Waals surface area contributed by atoms with Crippen LogP contribution in [0.4, 0.5) is 13.2 Å². The maximum absolute atomic E-state index is 13.5. The van der Waals surface area contributed by atoms with Gasteiger partial charge >= 0.3 is 6.18 Å². The highest BCUT2D eigenvalue weighted by atomic mass is 19.4. The van der Waals surface area contributed by atoms with Gasteiger partial charge in [0.2, 0.25) is 0 Å². The lowest BCUT2D eigenvalue weighted by molar-refractivity contribution is -0.319. The smallest absolute Gasteiger partial charge is 0.381 e. The second-order valence-corrected chi connectivity index (χ2v) is 7.05. The topological polar surface area (TPSA) is 18.5 Å². The molecule has 0 radical (unpaired) electrons. The molecule has 1 aliphatic carbocycles. The van der Waals surface area contributed by atoms with Crippen molar-refractivity contribution in [2.75, 3.05) is 19.8 Å². The molecule has 1 aromatic carbocycles. The first-order valence-corrected chi connectivity index (χ1v) is 8.21. The Bertz CT molecular complexity index is 515. The van der Waals surface area contributed by atoms with Crippen molar-refractivity contribution in [2.24, 2.45) is 5.92 Å². The molecule has 1 aromatic rings. The first-order valence-electron chi connectivity index (χ1n) is 8.21. The maximum atomic E-state index is 13.5. The Morgan fingerprint density at radius 3 is 2.26 bits per heavy atom. The fourth-order valence-electron chi connectivity index (χ4n) is 3.84. The Hall–Kier alpha value is -1.07. The first kappa shape index (κ1) is 16.8. The quantitative estimate of drug-likeness (QED) is 0.811. The van der Waals surface area contributed by atoms with Crippen LogP contribution in [0, 0.1) is 5.92 Å². The summed E-state index contributed by atoms with van der Waals surface area (Å²) in [5.41, 5.74) is -1.28. The lowest BCUT2D eigenvalue weighted by Crippen LogP contribution is -2.58. The van der Waals surface area contributed by atoms with Gasteiger partial charge in [0.05, 0.1) is 6.61 Å². The number of hydrogen-bond acceptors (Lipinski definition) is 2. The predicted octanol–water partition coefficient (Wildman–Crippen LogP) is 4.48. The zero-order valence-electron chi connectivity index (χ0n) is 13.4. The van der Waals surface area contributed by atoms with Gasteiger partial charge in [-0.05, 0) is 37.2 Å². The van der Waals surface area contributed by atoms with Gasteiger partial charge in [-0.1, -0.05) is 37.3 Å². The third-order valence-corrected chi connectivity index (χ3v) is 5.33. The van der Waals surface area contributed by atoms with Crippen molar-refractivity contribution in [3.8, 4) is 0 Å². The van der Waals surface area contributed by atoms with Crippen LogP contribution < -0.4 is 0 Å². The van der Waals surface area contributed by atoms with E-state index >= 15 is 0 Å². The predicted molar refractivity (Wildman–Crippen MR) is 81.3 cm³/mol. The van der Waals surface area contributed by atoms with E-state index in [2.05, 4.69) is 0 Å². The fourth-order valence-corrected chi connectivity index (χ4v) is 3.84. The Balaban J connectivity index is 1.80. The van der Waals surface area contributed by atoms with E-state index in [0.29, 0.717) is 26.1 Å². The van der Waals surface area contributed by atoms with E-state index in [4.69, 9.17) is 9.47 Å². The van der Waals surface area contributed by atoms with E-state index in [1.807, 2.05) is 37.3 Å². The van der Waals surface area contributed by atoms with Crippen molar-refractivity contribution in [3.63, 3.8) is 0 Å². The Morgan fingerprint density at radius 2 is 1.74 bits per heavy atom. The summed E-state index contributed by atoms with van der Waals surface area (Å²) >= 11 is 0. The molecule has 0 atom stereocenters. The molecule has 0 amide bonds. The van der Waals surface area contributed by atoms with Crippen molar-refractivity contribution < 1.29 is 22.6 Å². The van der Waals surface area contributed by atoms with Gasteiger partial charge in [0.1, 0.15) is 0 Å². The monoisotopic (exact) mass is 328 g/mol. The van der Waals surface area contributed by atoms with E-state index in [-0.39, 0.29) is 30.8 Å². The molecule has 0 unspecified atom stereocenters. The molecule has 0 aromatic heterocycles. The third-order valence-electron chi connectivity index (χ3n) is 5.33. The molecule has 23 heavy (non-hydrogen) atoms. The second kappa shape index (κ2) is 6.10. The summed E-state index contributed by atoms with van der Waals surface area (Å²) < 4.78 is 51.4. The average molecular weight is 328 g/mol. The summed E-state index contributed by atoms with van der Waals surface area (Å²) in [4.78, 5) is 0. The summed E-state index contributed by atoms with van der Waals surface area (Å²) in [6.45, 7) is 3.07. The second-order valence-electron chi connectivity index (χ2n) is 7.05. The van der Waals surface area contributed by atoms with Crippen molar-refractivity contribution in [1.29, 1.82) is 0 Å². The number of halogens is 3. The minimum absolute atomic E-state index is 0.0673.